The summed E-state index contributed by atoms with van der Waals surface area (Å²) in [5.74, 6) is 0.529. The third-order valence-corrected chi connectivity index (χ3v) is 3.28. The number of rotatable bonds is 3. The van der Waals surface area contributed by atoms with Crippen LogP contribution in [0.3, 0.4) is 0 Å². The number of hydrogen-bond acceptors (Lipinski definition) is 6. The first-order valence-electron chi connectivity index (χ1n) is 5.72. The second-order valence-electron chi connectivity index (χ2n) is 3.77. The van der Waals surface area contributed by atoms with Crippen LogP contribution in [0.25, 0.3) is 0 Å². The van der Waals surface area contributed by atoms with Gasteiger partial charge in [-0.3, -0.25) is 4.79 Å². The summed E-state index contributed by atoms with van der Waals surface area (Å²) >= 11 is 1.45. The fraction of sp³-hybridized carbons (Fsp3) is 0.545. The Labute approximate surface area is 110 Å². The number of nitrogens with one attached hydrogen (secondary N) is 1. The highest BCUT2D eigenvalue weighted by atomic mass is 32.2. The fourth-order valence-corrected chi connectivity index (χ4v) is 2.09. The summed E-state index contributed by atoms with van der Waals surface area (Å²) in [4.78, 5) is 22.5. The monoisotopic (exact) mass is 268 g/mol. The fourth-order valence-electron chi connectivity index (χ4n) is 1.75. The minimum atomic E-state index is -0.0460. The summed E-state index contributed by atoms with van der Waals surface area (Å²) in [6.45, 7) is 2.41. The third kappa shape index (κ3) is 2.73. The van der Waals surface area contributed by atoms with Crippen LogP contribution in [0, 0.1) is 0 Å². The number of aromatic nitrogens is 2. The van der Waals surface area contributed by atoms with Crippen molar-refractivity contribution >= 4 is 23.5 Å². The van der Waals surface area contributed by atoms with Gasteiger partial charge < -0.3 is 15.0 Å². The second-order valence-corrected chi connectivity index (χ2v) is 4.55. The van der Waals surface area contributed by atoms with Gasteiger partial charge in [-0.15, -0.1) is 0 Å². The zero-order valence-corrected chi connectivity index (χ0v) is 11.3. The van der Waals surface area contributed by atoms with E-state index in [1.807, 2.05) is 6.26 Å². The van der Waals surface area contributed by atoms with Gasteiger partial charge in [0.1, 0.15) is 11.4 Å². The van der Waals surface area contributed by atoms with Gasteiger partial charge in [0.05, 0.1) is 13.2 Å². The average Bonchev–Trinajstić information content (AvgIpc) is 2.46. The Bertz CT molecular complexity index is 435. The van der Waals surface area contributed by atoms with Gasteiger partial charge in [-0.1, -0.05) is 11.8 Å². The van der Waals surface area contributed by atoms with Crippen molar-refractivity contribution in [3.8, 4) is 0 Å². The van der Waals surface area contributed by atoms with Gasteiger partial charge in [-0.2, -0.15) is 0 Å². The molecule has 0 atom stereocenters. The lowest BCUT2D eigenvalue weighted by Crippen LogP contribution is -2.41. The molecule has 0 aliphatic carbocycles. The van der Waals surface area contributed by atoms with E-state index >= 15 is 0 Å². The molecule has 0 saturated carbocycles. The van der Waals surface area contributed by atoms with Crippen molar-refractivity contribution in [2.75, 3.05) is 44.9 Å². The lowest BCUT2D eigenvalue weighted by atomic mass is 10.2. The summed E-state index contributed by atoms with van der Waals surface area (Å²) in [7, 11) is 1.75. The van der Waals surface area contributed by atoms with Crippen molar-refractivity contribution in [1.29, 1.82) is 0 Å². The van der Waals surface area contributed by atoms with Gasteiger partial charge in [-0.25, -0.2) is 9.97 Å². The number of nitrogens with zero attached hydrogens (tertiary/aromatic N) is 3. The van der Waals surface area contributed by atoms with Gasteiger partial charge in [0.15, 0.2) is 5.16 Å². The Morgan fingerprint density at radius 3 is 2.83 bits per heavy atom. The van der Waals surface area contributed by atoms with E-state index < -0.39 is 0 Å². The van der Waals surface area contributed by atoms with Crippen LogP contribution in [-0.2, 0) is 4.74 Å². The molecule has 1 aliphatic rings. The average molecular weight is 268 g/mol. The number of hydrogen-bond donors (Lipinski definition) is 1. The summed E-state index contributed by atoms with van der Waals surface area (Å²) < 4.78 is 5.23. The molecule has 0 spiro atoms. The van der Waals surface area contributed by atoms with Gasteiger partial charge in [0.2, 0.25) is 0 Å². The van der Waals surface area contributed by atoms with E-state index in [1.54, 1.807) is 18.1 Å². The highest BCUT2D eigenvalue weighted by Gasteiger charge is 2.22. The van der Waals surface area contributed by atoms with Crippen LogP contribution in [0.2, 0.25) is 0 Å². The molecule has 6 nitrogen and oxygen atoms in total. The van der Waals surface area contributed by atoms with Crippen molar-refractivity contribution in [3.05, 3.63) is 11.8 Å². The van der Waals surface area contributed by atoms with Gasteiger partial charge in [0.25, 0.3) is 5.91 Å². The molecule has 2 rings (SSSR count). The van der Waals surface area contributed by atoms with E-state index in [9.17, 15) is 4.79 Å². The van der Waals surface area contributed by atoms with E-state index in [2.05, 4.69) is 15.3 Å². The van der Waals surface area contributed by atoms with E-state index in [0.717, 1.165) is 0 Å². The van der Waals surface area contributed by atoms with Crippen LogP contribution >= 0.6 is 11.8 Å². The molecule has 1 aromatic heterocycles. The van der Waals surface area contributed by atoms with Gasteiger partial charge >= 0.3 is 0 Å². The smallest absolute Gasteiger partial charge is 0.259 e. The predicted octanol–water partition coefficient (Wildman–Crippen LogP) is 0.713. The molecule has 0 unspecified atom stereocenters. The molecule has 1 aliphatic heterocycles. The second kappa shape index (κ2) is 6.01. The van der Waals surface area contributed by atoms with Crippen LogP contribution in [-0.4, -0.2) is 60.4 Å². The van der Waals surface area contributed by atoms with E-state index in [4.69, 9.17) is 4.74 Å². The zero-order chi connectivity index (χ0) is 13.0. The summed E-state index contributed by atoms with van der Waals surface area (Å²) in [6.07, 6.45) is 3.49. The Morgan fingerprint density at radius 2 is 2.22 bits per heavy atom. The van der Waals surface area contributed by atoms with Gasteiger partial charge in [-0.05, 0) is 6.26 Å². The molecule has 1 saturated heterocycles. The lowest BCUT2D eigenvalue weighted by molar-refractivity contribution is 0.0303. The maximum atomic E-state index is 12.3. The van der Waals surface area contributed by atoms with Crippen LogP contribution in [0.5, 0.6) is 0 Å². The molecule has 7 heteroatoms. The van der Waals surface area contributed by atoms with Crippen LogP contribution in [0.4, 0.5) is 5.82 Å². The number of amides is 1. The molecule has 2 heterocycles. The number of carbonyl (C=O) groups is 1. The number of ether oxygens (including phenoxy) is 1. The third-order valence-electron chi connectivity index (χ3n) is 2.71. The number of morpholine rings is 1. The van der Waals surface area contributed by atoms with Crippen LogP contribution in [0.15, 0.2) is 11.4 Å². The molecular formula is C11H16N4O2S. The lowest BCUT2D eigenvalue weighted by Gasteiger charge is -2.27. The summed E-state index contributed by atoms with van der Waals surface area (Å²) in [6, 6.07) is 0. The SMILES string of the molecule is CNc1nc(SC)ncc1C(=O)N1CCOCC1. The van der Waals surface area contributed by atoms with Crippen molar-refractivity contribution in [3.63, 3.8) is 0 Å². The normalized spacial score (nSPS) is 15.6. The molecule has 0 aromatic carbocycles. The van der Waals surface area contributed by atoms with Crippen molar-refractivity contribution in [2.45, 2.75) is 5.16 Å². The first-order valence-corrected chi connectivity index (χ1v) is 6.94. The highest BCUT2D eigenvalue weighted by Crippen LogP contribution is 2.18. The van der Waals surface area contributed by atoms with Crippen LogP contribution < -0.4 is 5.32 Å². The quantitative estimate of drug-likeness (QED) is 0.643. The van der Waals surface area contributed by atoms with Crippen molar-refractivity contribution in [1.82, 2.24) is 14.9 Å². The molecule has 1 N–H and O–H groups in total. The predicted molar refractivity (Wildman–Crippen MR) is 70.1 cm³/mol. The zero-order valence-electron chi connectivity index (χ0n) is 10.5. The maximum absolute atomic E-state index is 12.3. The number of thioether (sulfide) groups is 1. The summed E-state index contributed by atoms with van der Waals surface area (Å²) in [5.41, 5.74) is 0.511. The van der Waals surface area contributed by atoms with Crippen LogP contribution in [0.1, 0.15) is 10.4 Å². The van der Waals surface area contributed by atoms with E-state index in [0.29, 0.717) is 42.8 Å². The Hall–Kier alpha value is -1.34. The first kappa shape index (κ1) is 13.1. The topological polar surface area (TPSA) is 67.4 Å². The largest absolute Gasteiger partial charge is 0.378 e. The minimum Gasteiger partial charge on any atom is -0.378 e. The van der Waals surface area contributed by atoms with Gasteiger partial charge in [0, 0.05) is 26.3 Å². The minimum absolute atomic E-state index is 0.0460. The molecule has 1 amide bonds. The summed E-state index contributed by atoms with van der Waals surface area (Å²) in [5, 5.41) is 3.60. The highest BCUT2D eigenvalue weighted by molar-refractivity contribution is 7.98. The maximum Gasteiger partial charge on any atom is 0.259 e. The first-order chi connectivity index (χ1) is 8.76. The van der Waals surface area contributed by atoms with Crippen molar-refractivity contribution in [2.24, 2.45) is 0 Å². The molecule has 1 fully saturated rings. The Morgan fingerprint density at radius 1 is 1.50 bits per heavy atom. The molecular weight excluding hydrogens is 252 g/mol. The molecule has 1 aromatic rings. The van der Waals surface area contributed by atoms with E-state index in [-0.39, 0.29) is 5.91 Å². The van der Waals surface area contributed by atoms with E-state index in [1.165, 1.54) is 11.8 Å². The number of carbonyl (C=O) groups excluding carboxylic acids is 1. The molecule has 0 radical (unpaired) electrons. The molecule has 98 valence electrons. The van der Waals surface area contributed by atoms with Crippen molar-refractivity contribution < 1.29 is 9.53 Å². The molecule has 0 bridgehead atoms. The Kier molecular flexibility index (Phi) is 4.38. The number of anilines is 1. The standard InChI is InChI=1S/C11H16N4O2S/c1-12-9-8(7-13-11(14-9)18-2)10(16)15-3-5-17-6-4-15/h7H,3-6H2,1-2H3,(H,12,13,14). The molecule has 18 heavy (non-hydrogen) atoms. The Balaban J connectivity index is 2.23.